The second kappa shape index (κ2) is 6.70. The van der Waals surface area contributed by atoms with E-state index in [2.05, 4.69) is 94.4 Å². The standard InChI is InChI=1S/C28H32N2/c1-7-20-14-21-16-30(26-22(17(2)3)11-9-12-23(26)18(4)5)27(29-21)24-13-8-10-19-15-28(20,6)25(19)24/h7-13,16-18,20H,1,14-15H2,2-6H3/t20?,28-/m0/s1. The molecular weight excluding hydrogens is 364 g/mol. The first kappa shape index (κ1) is 19.4. The van der Waals surface area contributed by atoms with Gasteiger partial charge in [-0.3, -0.25) is 4.57 Å². The predicted octanol–water partition coefficient (Wildman–Crippen LogP) is 6.96. The van der Waals surface area contributed by atoms with Gasteiger partial charge in [0.05, 0.1) is 11.4 Å². The van der Waals surface area contributed by atoms with Crippen LogP contribution in [0.3, 0.4) is 0 Å². The average molecular weight is 397 g/mol. The van der Waals surface area contributed by atoms with Crippen molar-refractivity contribution in [3.63, 3.8) is 0 Å². The lowest BCUT2D eigenvalue weighted by Crippen LogP contribution is -2.44. The summed E-state index contributed by atoms with van der Waals surface area (Å²) < 4.78 is 2.40. The van der Waals surface area contributed by atoms with Crippen LogP contribution >= 0.6 is 0 Å². The highest BCUT2D eigenvalue weighted by atomic mass is 15.1. The Kier molecular flexibility index (Phi) is 4.32. The molecule has 2 bridgehead atoms. The molecule has 1 aliphatic carbocycles. The van der Waals surface area contributed by atoms with Gasteiger partial charge in [-0.15, -0.1) is 6.58 Å². The molecule has 154 valence electrons. The Labute approximate surface area is 180 Å². The summed E-state index contributed by atoms with van der Waals surface area (Å²) in [6.07, 6.45) is 6.54. The van der Waals surface area contributed by atoms with Crippen molar-refractivity contribution in [1.29, 1.82) is 0 Å². The maximum Gasteiger partial charge on any atom is 0.145 e. The monoisotopic (exact) mass is 396 g/mol. The van der Waals surface area contributed by atoms with Crippen LogP contribution in [0.2, 0.25) is 0 Å². The van der Waals surface area contributed by atoms with Gasteiger partial charge in [0.2, 0.25) is 0 Å². The van der Waals surface area contributed by atoms with E-state index in [4.69, 9.17) is 4.98 Å². The van der Waals surface area contributed by atoms with E-state index >= 15 is 0 Å². The molecule has 2 nitrogen and oxygen atoms in total. The summed E-state index contributed by atoms with van der Waals surface area (Å²) in [5, 5.41) is 0. The lowest BCUT2D eigenvalue weighted by atomic mass is 9.56. The van der Waals surface area contributed by atoms with Gasteiger partial charge < -0.3 is 0 Å². The van der Waals surface area contributed by atoms with Crippen molar-refractivity contribution < 1.29 is 0 Å². The summed E-state index contributed by atoms with van der Waals surface area (Å²) in [5.41, 5.74) is 9.70. The minimum absolute atomic E-state index is 0.155. The van der Waals surface area contributed by atoms with Gasteiger partial charge in [0, 0.05) is 17.2 Å². The number of para-hydroxylation sites is 1. The third-order valence-electron chi connectivity index (χ3n) is 7.39. The Morgan fingerprint density at radius 1 is 1.07 bits per heavy atom. The molecule has 2 aliphatic rings. The molecule has 0 radical (unpaired) electrons. The summed E-state index contributed by atoms with van der Waals surface area (Å²) in [6, 6.07) is 13.6. The molecule has 2 atom stereocenters. The molecule has 0 fully saturated rings. The Balaban J connectivity index is 1.84. The number of hydrogen-bond acceptors (Lipinski definition) is 1. The number of aromatic nitrogens is 2. The quantitative estimate of drug-likeness (QED) is 0.436. The number of allylic oxidation sites excluding steroid dienone is 1. The molecule has 0 spiro atoms. The largest absolute Gasteiger partial charge is 0.299 e. The minimum atomic E-state index is 0.155. The van der Waals surface area contributed by atoms with Gasteiger partial charge in [-0.25, -0.2) is 4.98 Å². The number of benzene rings is 2. The Morgan fingerprint density at radius 2 is 1.73 bits per heavy atom. The molecule has 3 aromatic rings. The van der Waals surface area contributed by atoms with Crippen LogP contribution in [-0.4, -0.2) is 9.55 Å². The molecule has 1 unspecified atom stereocenters. The van der Waals surface area contributed by atoms with E-state index in [1.54, 1.807) is 0 Å². The molecule has 2 aromatic carbocycles. The van der Waals surface area contributed by atoms with Crippen molar-refractivity contribution >= 4 is 0 Å². The van der Waals surface area contributed by atoms with Gasteiger partial charge in [0.15, 0.2) is 0 Å². The number of imidazole rings is 1. The van der Waals surface area contributed by atoms with E-state index in [1.807, 2.05) is 0 Å². The van der Waals surface area contributed by atoms with Crippen molar-refractivity contribution in [1.82, 2.24) is 9.55 Å². The Morgan fingerprint density at radius 3 is 2.37 bits per heavy atom. The van der Waals surface area contributed by atoms with Gasteiger partial charge in [0.1, 0.15) is 5.82 Å². The van der Waals surface area contributed by atoms with E-state index < -0.39 is 0 Å². The minimum Gasteiger partial charge on any atom is -0.299 e. The number of fused-ring (bicyclic) bond motifs is 3. The zero-order valence-electron chi connectivity index (χ0n) is 18.9. The summed E-state index contributed by atoms with van der Waals surface area (Å²) in [4.78, 5) is 5.19. The zero-order chi connectivity index (χ0) is 21.2. The molecule has 0 N–H and O–H groups in total. The van der Waals surface area contributed by atoms with E-state index in [9.17, 15) is 0 Å². The fourth-order valence-electron chi connectivity index (χ4n) is 5.77. The fraction of sp³-hybridized carbons (Fsp3) is 0.393. The number of nitrogens with zero attached hydrogens (tertiary/aromatic N) is 2. The first-order chi connectivity index (χ1) is 14.3. The Bertz CT molecular complexity index is 1120. The molecule has 0 saturated carbocycles. The number of rotatable bonds is 4. The van der Waals surface area contributed by atoms with Gasteiger partial charge >= 0.3 is 0 Å². The van der Waals surface area contributed by atoms with Crippen LogP contribution in [0.25, 0.3) is 17.1 Å². The van der Waals surface area contributed by atoms with Gasteiger partial charge in [-0.2, -0.15) is 0 Å². The van der Waals surface area contributed by atoms with Gasteiger partial charge in [-0.1, -0.05) is 77.1 Å². The smallest absolute Gasteiger partial charge is 0.145 e. The highest BCUT2D eigenvalue weighted by Crippen LogP contribution is 2.53. The molecule has 0 saturated heterocycles. The molecule has 5 rings (SSSR count). The highest BCUT2D eigenvalue weighted by molar-refractivity contribution is 5.72. The second-order valence-corrected chi connectivity index (χ2v) is 10.0. The first-order valence-corrected chi connectivity index (χ1v) is 11.3. The molecule has 30 heavy (non-hydrogen) atoms. The topological polar surface area (TPSA) is 17.8 Å². The van der Waals surface area contributed by atoms with Crippen molar-refractivity contribution in [3.05, 3.63) is 83.2 Å². The molecule has 2 heteroatoms. The number of hydrogen-bond donors (Lipinski definition) is 0. The van der Waals surface area contributed by atoms with E-state index in [-0.39, 0.29) is 5.41 Å². The lowest BCUT2D eigenvalue weighted by Gasteiger charge is -2.47. The molecule has 0 amide bonds. The summed E-state index contributed by atoms with van der Waals surface area (Å²) in [5.74, 6) is 2.41. The van der Waals surface area contributed by atoms with Crippen molar-refractivity contribution in [2.75, 3.05) is 0 Å². The van der Waals surface area contributed by atoms with Crippen LogP contribution in [-0.2, 0) is 18.3 Å². The fourth-order valence-corrected chi connectivity index (χ4v) is 5.77. The van der Waals surface area contributed by atoms with Gasteiger partial charge in [-0.05, 0) is 52.8 Å². The molecule has 1 aromatic heterocycles. The lowest BCUT2D eigenvalue weighted by molar-refractivity contribution is 0.299. The molecular formula is C28H32N2. The highest BCUT2D eigenvalue weighted by Gasteiger charge is 2.47. The Hall–Kier alpha value is -2.61. The third kappa shape index (κ3) is 2.59. The van der Waals surface area contributed by atoms with Crippen molar-refractivity contribution in [3.8, 4) is 17.1 Å². The van der Waals surface area contributed by atoms with Crippen LogP contribution in [0.1, 0.15) is 74.4 Å². The first-order valence-electron chi connectivity index (χ1n) is 11.3. The van der Waals surface area contributed by atoms with Crippen molar-refractivity contribution in [2.45, 2.75) is 64.7 Å². The normalized spacial score (nSPS) is 21.8. The van der Waals surface area contributed by atoms with Crippen LogP contribution in [0.4, 0.5) is 0 Å². The SMILES string of the molecule is C=CC1Cc2cn(-c3c(C(C)C)cccc3C(C)C)c(n2)-c2cccc3c2[C@@]1(C)C3. The van der Waals surface area contributed by atoms with E-state index in [1.165, 1.54) is 39.2 Å². The zero-order valence-corrected chi connectivity index (χ0v) is 18.9. The van der Waals surface area contributed by atoms with Crippen molar-refractivity contribution in [2.24, 2.45) is 5.92 Å². The van der Waals surface area contributed by atoms with Crippen LogP contribution < -0.4 is 0 Å². The average Bonchev–Trinajstić information content (AvgIpc) is 3.13. The van der Waals surface area contributed by atoms with E-state index in [0.29, 0.717) is 17.8 Å². The van der Waals surface area contributed by atoms with Crippen LogP contribution in [0, 0.1) is 5.92 Å². The molecule has 2 heterocycles. The second-order valence-electron chi connectivity index (χ2n) is 10.0. The third-order valence-corrected chi connectivity index (χ3v) is 7.39. The predicted molar refractivity (Wildman–Crippen MR) is 126 cm³/mol. The van der Waals surface area contributed by atoms with E-state index in [0.717, 1.165) is 18.7 Å². The summed E-state index contributed by atoms with van der Waals surface area (Å²) in [6.45, 7) is 15.8. The summed E-state index contributed by atoms with van der Waals surface area (Å²) in [7, 11) is 0. The molecule has 1 aliphatic heterocycles. The maximum atomic E-state index is 5.19. The maximum absolute atomic E-state index is 5.19. The summed E-state index contributed by atoms with van der Waals surface area (Å²) >= 11 is 0. The van der Waals surface area contributed by atoms with Gasteiger partial charge in [0.25, 0.3) is 0 Å². The van der Waals surface area contributed by atoms with Crippen LogP contribution in [0.5, 0.6) is 0 Å². The van der Waals surface area contributed by atoms with Crippen LogP contribution in [0.15, 0.2) is 55.3 Å².